The minimum Gasteiger partial charge on any atom is -0.497 e. The van der Waals surface area contributed by atoms with E-state index in [1.807, 2.05) is 24.3 Å². The number of nitrogens with two attached hydrogens (primary N) is 1. The molecule has 1 aromatic heterocycles. The van der Waals surface area contributed by atoms with Crippen LogP contribution in [0.4, 0.5) is 0 Å². The molecule has 0 unspecified atom stereocenters. The van der Waals surface area contributed by atoms with Gasteiger partial charge in [-0.25, -0.2) is 4.98 Å². The van der Waals surface area contributed by atoms with Crippen molar-refractivity contribution in [3.05, 3.63) is 53.3 Å². The number of nitrogens with zero attached hydrogens (tertiary/aromatic N) is 2. The van der Waals surface area contributed by atoms with Gasteiger partial charge in [-0.3, -0.25) is 0 Å². The number of benzene rings is 2. The van der Waals surface area contributed by atoms with Crippen molar-refractivity contribution in [3.63, 3.8) is 0 Å². The maximum Gasteiger partial charge on any atom is 0.123 e. The van der Waals surface area contributed by atoms with Crippen molar-refractivity contribution in [3.8, 4) is 11.5 Å². The highest BCUT2D eigenvalue weighted by Gasteiger charge is 2.11. The fraction of sp³-hybridized carbons (Fsp3) is 0.316. The van der Waals surface area contributed by atoms with Crippen molar-refractivity contribution in [2.75, 3.05) is 13.7 Å². The van der Waals surface area contributed by atoms with Gasteiger partial charge in [0.15, 0.2) is 0 Å². The summed E-state index contributed by atoms with van der Waals surface area (Å²) in [7, 11) is 1.65. The molecule has 0 aliphatic rings. The molecule has 126 valence electrons. The van der Waals surface area contributed by atoms with Crippen LogP contribution in [0.15, 0.2) is 36.4 Å². The average Bonchev–Trinajstić information content (AvgIpc) is 2.93. The van der Waals surface area contributed by atoms with Gasteiger partial charge in [-0.2, -0.15) is 0 Å². The molecule has 3 aromatic rings. The molecule has 0 amide bonds. The first kappa shape index (κ1) is 16.3. The smallest absolute Gasteiger partial charge is 0.123 e. The highest BCUT2D eigenvalue weighted by Crippen LogP contribution is 2.21. The van der Waals surface area contributed by atoms with Crippen LogP contribution < -0.4 is 15.2 Å². The van der Waals surface area contributed by atoms with Crippen molar-refractivity contribution < 1.29 is 9.47 Å². The molecule has 24 heavy (non-hydrogen) atoms. The minimum atomic E-state index is 0.412. The number of hydrogen-bond donors (Lipinski definition) is 1. The summed E-state index contributed by atoms with van der Waals surface area (Å²) >= 11 is 0. The van der Waals surface area contributed by atoms with Gasteiger partial charge in [-0.15, -0.1) is 0 Å². The first-order valence-electron chi connectivity index (χ1n) is 8.05. The van der Waals surface area contributed by atoms with E-state index in [0.29, 0.717) is 19.7 Å². The second kappa shape index (κ2) is 6.93. The van der Waals surface area contributed by atoms with Gasteiger partial charge in [-0.1, -0.05) is 0 Å². The van der Waals surface area contributed by atoms with Crippen LogP contribution in [0.3, 0.4) is 0 Å². The summed E-state index contributed by atoms with van der Waals surface area (Å²) < 4.78 is 13.1. The molecule has 5 nitrogen and oxygen atoms in total. The van der Waals surface area contributed by atoms with E-state index in [1.54, 1.807) is 7.11 Å². The third-order valence-corrected chi connectivity index (χ3v) is 4.27. The zero-order valence-corrected chi connectivity index (χ0v) is 14.4. The summed E-state index contributed by atoms with van der Waals surface area (Å²) in [6.07, 6.45) is 0. The summed E-state index contributed by atoms with van der Waals surface area (Å²) in [6.45, 7) is 5.88. The van der Waals surface area contributed by atoms with Gasteiger partial charge in [0.05, 0.1) is 31.2 Å². The number of methoxy groups -OCH3 is 1. The number of aryl methyl sites for hydroxylation is 2. The Hall–Kier alpha value is -2.53. The fourth-order valence-electron chi connectivity index (χ4n) is 2.76. The van der Waals surface area contributed by atoms with E-state index in [2.05, 4.69) is 35.5 Å². The molecule has 0 fully saturated rings. The molecule has 0 radical (unpaired) electrons. The van der Waals surface area contributed by atoms with Gasteiger partial charge in [0.2, 0.25) is 0 Å². The summed E-state index contributed by atoms with van der Waals surface area (Å²) in [4.78, 5) is 4.65. The van der Waals surface area contributed by atoms with Gasteiger partial charge in [0, 0.05) is 0 Å². The number of ether oxygens (including phenoxy) is 2. The van der Waals surface area contributed by atoms with E-state index in [0.717, 1.165) is 28.4 Å². The van der Waals surface area contributed by atoms with Crippen molar-refractivity contribution in [2.24, 2.45) is 5.73 Å². The van der Waals surface area contributed by atoms with Crippen LogP contribution in [-0.2, 0) is 13.1 Å². The quantitative estimate of drug-likeness (QED) is 0.756. The van der Waals surface area contributed by atoms with Crippen LogP contribution in [0.2, 0.25) is 0 Å². The molecule has 0 atom stereocenters. The van der Waals surface area contributed by atoms with Crippen molar-refractivity contribution >= 4 is 11.0 Å². The average molecular weight is 325 g/mol. The standard InChI is InChI=1S/C19H23N3O2/c1-13-10-17-18(11-14(13)2)22(19(12-20)21-17)8-9-24-16-6-4-15(23-3)5-7-16/h4-7,10-11H,8-9,12,20H2,1-3H3. The molecule has 2 N–H and O–H groups in total. The molecule has 0 bridgehead atoms. The molecule has 1 heterocycles. The lowest BCUT2D eigenvalue weighted by Gasteiger charge is -2.11. The van der Waals surface area contributed by atoms with Gasteiger partial charge in [0.25, 0.3) is 0 Å². The fourth-order valence-corrected chi connectivity index (χ4v) is 2.76. The van der Waals surface area contributed by atoms with Gasteiger partial charge >= 0.3 is 0 Å². The summed E-state index contributed by atoms with van der Waals surface area (Å²) in [5.41, 5.74) is 10.5. The molecule has 3 rings (SSSR count). The van der Waals surface area contributed by atoms with E-state index in [9.17, 15) is 0 Å². The lowest BCUT2D eigenvalue weighted by molar-refractivity contribution is 0.297. The maximum absolute atomic E-state index is 5.87. The van der Waals surface area contributed by atoms with E-state index >= 15 is 0 Å². The number of aromatic nitrogens is 2. The topological polar surface area (TPSA) is 62.3 Å². The predicted octanol–water partition coefficient (Wildman–Crippen LogP) is 3.20. The molecule has 0 spiro atoms. The van der Waals surface area contributed by atoms with E-state index in [-0.39, 0.29) is 0 Å². The Kier molecular flexibility index (Phi) is 4.71. The van der Waals surface area contributed by atoms with Gasteiger partial charge < -0.3 is 19.8 Å². The first-order chi connectivity index (χ1) is 11.6. The van der Waals surface area contributed by atoms with Gasteiger partial charge in [-0.05, 0) is 61.4 Å². The van der Waals surface area contributed by atoms with Crippen molar-refractivity contribution in [2.45, 2.75) is 26.9 Å². The second-order valence-corrected chi connectivity index (χ2v) is 5.83. The third-order valence-electron chi connectivity index (χ3n) is 4.27. The number of hydrogen-bond acceptors (Lipinski definition) is 4. The first-order valence-corrected chi connectivity index (χ1v) is 8.05. The van der Waals surface area contributed by atoms with Crippen molar-refractivity contribution in [1.82, 2.24) is 9.55 Å². The highest BCUT2D eigenvalue weighted by molar-refractivity contribution is 5.78. The van der Waals surface area contributed by atoms with Crippen LogP contribution in [0.5, 0.6) is 11.5 Å². The van der Waals surface area contributed by atoms with Crippen molar-refractivity contribution in [1.29, 1.82) is 0 Å². The Balaban J connectivity index is 1.77. The number of imidazole rings is 1. The Morgan fingerprint density at radius 3 is 2.38 bits per heavy atom. The van der Waals surface area contributed by atoms with Crippen LogP contribution in [0, 0.1) is 13.8 Å². The Morgan fingerprint density at radius 1 is 1.04 bits per heavy atom. The maximum atomic E-state index is 5.87. The van der Waals surface area contributed by atoms with E-state index < -0.39 is 0 Å². The van der Waals surface area contributed by atoms with E-state index in [1.165, 1.54) is 11.1 Å². The molecular formula is C19H23N3O2. The molecule has 2 aromatic carbocycles. The summed E-state index contributed by atoms with van der Waals surface area (Å²) in [5.74, 6) is 2.52. The SMILES string of the molecule is COc1ccc(OCCn2c(CN)nc3cc(C)c(C)cc32)cc1. The number of fused-ring (bicyclic) bond motifs is 1. The van der Waals surface area contributed by atoms with Gasteiger partial charge in [0.1, 0.15) is 23.9 Å². The number of rotatable bonds is 6. The Bertz CT molecular complexity index is 838. The molecular weight excluding hydrogens is 302 g/mol. The molecule has 5 heteroatoms. The molecule has 0 saturated heterocycles. The Morgan fingerprint density at radius 2 is 1.71 bits per heavy atom. The van der Waals surface area contributed by atoms with E-state index in [4.69, 9.17) is 15.2 Å². The highest BCUT2D eigenvalue weighted by atomic mass is 16.5. The summed E-state index contributed by atoms with van der Waals surface area (Å²) in [6, 6.07) is 11.9. The lowest BCUT2D eigenvalue weighted by atomic mass is 10.1. The van der Waals surface area contributed by atoms with Crippen LogP contribution in [-0.4, -0.2) is 23.3 Å². The third kappa shape index (κ3) is 3.21. The summed E-state index contributed by atoms with van der Waals surface area (Å²) in [5, 5.41) is 0. The largest absolute Gasteiger partial charge is 0.497 e. The zero-order valence-electron chi connectivity index (χ0n) is 14.4. The van der Waals surface area contributed by atoms with Crippen LogP contribution in [0.1, 0.15) is 17.0 Å². The monoisotopic (exact) mass is 325 g/mol. The second-order valence-electron chi connectivity index (χ2n) is 5.83. The molecule has 0 aliphatic carbocycles. The predicted molar refractivity (Wildman–Crippen MR) is 95.6 cm³/mol. The minimum absolute atomic E-state index is 0.412. The zero-order chi connectivity index (χ0) is 17.1. The normalized spacial score (nSPS) is 11.0. The van der Waals surface area contributed by atoms with Crippen LogP contribution in [0.25, 0.3) is 11.0 Å². The molecule has 0 aliphatic heterocycles. The molecule has 0 saturated carbocycles. The lowest BCUT2D eigenvalue weighted by Crippen LogP contribution is -2.13. The van der Waals surface area contributed by atoms with Crippen LogP contribution >= 0.6 is 0 Å². The Labute approximate surface area is 142 Å².